The maximum atomic E-state index is 13.2. The largest absolute Gasteiger partial charge is 0.423 e. The van der Waals surface area contributed by atoms with Crippen molar-refractivity contribution in [1.82, 2.24) is 0 Å². The molecule has 25 heavy (non-hydrogen) atoms. The number of esters is 1. The summed E-state index contributed by atoms with van der Waals surface area (Å²) in [5, 5.41) is 0. The van der Waals surface area contributed by atoms with E-state index in [0.717, 1.165) is 24.0 Å². The number of fused-ring (bicyclic) bond motifs is 2. The van der Waals surface area contributed by atoms with Gasteiger partial charge in [0.25, 0.3) is 0 Å². The summed E-state index contributed by atoms with van der Waals surface area (Å²) in [4.78, 5) is 27.5. The Morgan fingerprint density at radius 1 is 1.16 bits per heavy atom. The second-order valence-electron chi connectivity index (χ2n) is 6.46. The molecule has 2 aromatic carbocycles. The molecule has 1 aliphatic rings. The van der Waals surface area contributed by atoms with E-state index in [1.807, 2.05) is 45.0 Å². The van der Waals surface area contributed by atoms with Gasteiger partial charge in [-0.25, -0.2) is 4.79 Å². The Hall–Kier alpha value is -2.62. The van der Waals surface area contributed by atoms with E-state index in [1.54, 1.807) is 23.1 Å². The van der Waals surface area contributed by atoms with Gasteiger partial charge in [-0.05, 0) is 38.0 Å². The molecule has 0 saturated carbocycles. The number of carbonyl (C=O) groups excluding carboxylic acids is 2. The molecule has 2 aromatic rings. The molecule has 0 spiro atoms. The van der Waals surface area contributed by atoms with Gasteiger partial charge < -0.3 is 9.64 Å². The summed E-state index contributed by atoms with van der Waals surface area (Å²) < 4.78 is 5.58. The first-order valence-corrected chi connectivity index (χ1v) is 8.77. The number of hydrogen-bond donors (Lipinski definition) is 0. The van der Waals surface area contributed by atoms with Gasteiger partial charge in [0.15, 0.2) is 0 Å². The second kappa shape index (κ2) is 7.09. The van der Waals surface area contributed by atoms with Crippen LogP contribution in [-0.2, 0) is 11.3 Å². The smallest absolute Gasteiger partial charge is 0.345 e. The van der Waals surface area contributed by atoms with Gasteiger partial charge in [-0.3, -0.25) is 4.79 Å². The van der Waals surface area contributed by atoms with Crippen LogP contribution in [0, 0.1) is 12.8 Å². The molecule has 0 N–H and O–H groups in total. The average molecular weight is 337 g/mol. The molecule has 0 saturated heterocycles. The number of anilines is 1. The molecular weight excluding hydrogens is 314 g/mol. The number of amides is 1. The lowest BCUT2D eigenvalue weighted by Crippen LogP contribution is -2.37. The second-order valence-corrected chi connectivity index (χ2v) is 6.46. The number of hydrogen-bond acceptors (Lipinski definition) is 3. The van der Waals surface area contributed by atoms with Gasteiger partial charge in [-0.15, -0.1) is 0 Å². The number of nitrogens with zero attached hydrogens (tertiary/aromatic N) is 1. The predicted molar refractivity (Wildman–Crippen MR) is 97.8 cm³/mol. The highest BCUT2D eigenvalue weighted by Crippen LogP contribution is 2.32. The fourth-order valence-electron chi connectivity index (χ4n) is 3.28. The zero-order chi connectivity index (χ0) is 18.0. The summed E-state index contributed by atoms with van der Waals surface area (Å²) in [6.07, 6.45) is 1.55. The van der Waals surface area contributed by atoms with Crippen LogP contribution in [0.2, 0.25) is 0 Å². The van der Waals surface area contributed by atoms with E-state index in [1.165, 1.54) is 0 Å². The number of rotatable bonds is 3. The molecule has 0 unspecified atom stereocenters. The van der Waals surface area contributed by atoms with Crippen molar-refractivity contribution in [2.45, 2.75) is 40.2 Å². The van der Waals surface area contributed by atoms with E-state index in [4.69, 9.17) is 4.74 Å². The van der Waals surface area contributed by atoms with Gasteiger partial charge in [0.2, 0.25) is 5.91 Å². The minimum absolute atomic E-state index is 0.0552. The third-order valence-corrected chi connectivity index (χ3v) is 4.76. The molecular formula is C21H23NO3. The summed E-state index contributed by atoms with van der Waals surface area (Å²) in [6, 6.07) is 12.9. The SMILES string of the molecule is CCC(CC)C(=O)N1Cc2cc(C)ccc2OC(=O)c2ccccc21. The molecule has 1 amide bonds. The number of para-hydroxylation sites is 1. The van der Waals surface area contributed by atoms with E-state index >= 15 is 0 Å². The van der Waals surface area contributed by atoms with Gasteiger partial charge in [-0.1, -0.05) is 43.7 Å². The molecule has 1 aliphatic heterocycles. The van der Waals surface area contributed by atoms with Crippen molar-refractivity contribution < 1.29 is 14.3 Å². The third kappa shape index (κ3) is 3.29. The molecule has 0 atom stereocenters. The Kier molecular flexibility index (Phi) is 4.88. The van der Waals surface area contributed by atoms with Crippen molar-refractivity contribution in [3.63, 3.8) is 0 Å². The minimum Gasteiger partial charge on any atom is -0.423 e. The highest BCUT2D eigenvalue weighted by molar-refractivity contribution is 6.04. The van der Waals surface area contributed by atoms with Crippen LogP contribution in [0.5, 0.6) is 5.75 Å². The summed E-state index contributed by atoms with van der Waals surface area (Å²) in [6.45, 7) is 6.43. The van der Waals surface area contributed by atoms with E-state index in [-0.39, 0.29) is 11.8 Å². The Morgan fingerprint density at radius 2 is 1.88 bits per heavy atom. The highest BCUT2D eigenvalue weighted by atomic mass is 16.5. The molecule has 0 aromatic heterocycles. The first-order valence-electron chi connectivity index (χ1n) is 8.77. The van der Waals surface area contributed by atoms with Gasteiger partial charge >= 0.3 is 5.97 Å². The van der Waals surface area contributed by atoms with Crippen LogP contribution in [0.25, 0.3) is 0 Å². The van der Waals surface area contributed by atoms with Crippen LogP contribution in [0.3, 0.4) is 0 Å². The number of ether oxygens (including phenoxy) is 1. The molecule has 0 aliphatic carbocycles. The summed E-state index contributed by atoms with van der Waals surface area (Å²) in [5.41, 5.74) is 2.96. The zero-order valence-corrected chi connectivity index (χ0v) is 14.9. The maximum Gasteiger partial charge on any atom is 0.345 e. The van der Waals surface area contributed by atoms with Crippen molar-refractivity contribution in [2.24, 2.45) is 5.92 Å². The van der Waals surface area contributed by atoms with E-state index < -0.39 is 5.97 Å². The summed E-state index contributed by atoms with van der Waals surface area (Å²) >= 11 is 0. The normalized spacial score (nSPS) is 13.6. The number of benzene rings is 2. The van der Waals surface area contributed by atoms with Crippen LogP contribution in [-0.4, -0.2) is 11.9 Å². The van der Waals surface area contributed by atoms with E-state index in [0.29, 0.717) is 23.5 Å². The Bertz CT molecular complexity index is 809. The fraction of sp³-hybridized carbons (Fsp3) is 0.333. The summed E-state index contributed by atoms with van der Waals surface area (Å²) in [5.74, 6) is 0.0894. The Balaban J connectivity index is 2.14. The lowest BCUT2D eigenvalue weighted by Gasteiger charge is -2.30. The van der Waals surface area contributed by atoms with Crippen LogP contribution < -0.4 is 9.64 Å². The average Bonchev–Trinajstić information content (AvgIpc) is 2.61. The summed E-state index contributed by atoms with van der Waals surface area (Å²) in [7, 11) is 0. The lowest BCUT2D eigenvalue weighted by molar-refractivity contribution is -0.122. The van der Waals surface area contributed by atoms with Crippen LogP contribution in [0.4, 0.5) is 5.69 Å². The molecule has 3 rings (SSSR count). The molecule has 1 heterocycles. The van der Waals surface area contributed by atoms with Crippen molar-refractivity contribution in [2.75, 3.05) is 4.90 Å². The monoisotopic (exact) mass is 337 g/mol. The van der Waals surface area contributed by atoms with Crippen molar-refractivity contribution in [1.29, 1.82) is 0 Å². The predicted octanol–water partition coefficient (Wildman–Crippen LogP) is 4.50. The van der Waals surface area contributed by atoms with Gasteiger partial charge in [-0.2, -0.15) is 0 Å². The highest BCUT2D eigenvalue weighted by Gasteiger charge is 2.30. The molecule has 0 radical (unpaired) electrons. The van der Waals surface area contributed by atoms with Crippen LogP contribution >= 0.6 is 0 Å². The third-order valence-electron chi connectivity index (χ3n) is 4.76. The standard InChI is InChI=1S/C21H23NO3/c1-4-15(5-2)20(23)22-13-16-12-14(3)10-11-19(16)25-21(24)17-8-6-7-9-18(17)22/h6-12,15H,4-5,13H2,1-3H3. The van der Waals surface area contributed by atoms with Gasteiger partial charge in [0.1, 0.15) is 5.75 Å². The van der Waals surface area contributed by atoms with Crippen LogP contribution in [0.15, 0.2) is 42.5 Å². The topological polar surface area (TPSA) is 46.6 Å². The first-order chi connectivity index (χ1) is 12.0. The van der Waals surface area contributed by atoms with Crippen molar-refractivity contribution in [3.8, 4) is 5.75 Å². The van der Waals surface area contributed by atoms with Crippen LogP contribution in [0.1, 0.15) is 48.2 Å². The van der Waals surface area contributed by atoms with E-state index in [9.17, 15) is 9.59 Å². The first kappa shape index (κ1) is 17.2. The number of aryl methyl sites for hydroxylation is 1. The Morgan fingerprint density at radius 3 is 2.60 bits per heavy atom. The lowest BCUT2D eigenvalue weighted by atomic mass is 9.99. The zero-order valence-electron chi connectivity index (χ0n) is 14.9. The maximum absolute atomic E-state index is 13.2. The molecule has 0 bridgehead atoms. The minimum atomic E-state index is -0.428. The fourth-order valence-corrected chi connectivity index (χ4v) is 3.28. The van der Waals surface area contributed by atoms with Crippen molar-refractivity contribution >= 4 is 17.6 Å². The van der Waals surface area contributed by atoms with Gasteiger partial charge in [0.05, 0.1) is 17.8 Å². The molecule has 4 heteroatoms. The van der Waals surface area contributed by atoms with E-state index in [2.05, 4.69) is 0 Å². The Labute approximate surface area is 148 Å². The molecule has 4 nitrogen and oxygen atoms in total. The number of carbonyl (C=O) groups is 2. The van der Waals surface area contributed by atoms with Crippen molar-refractivity contribution in [3.05, 3.63) is 59.2 Å². The molecule has 130 valence electrons. The van der Waals surface area contributed by atoms with Gasteiger partial charge in [0, 0.05) is 11.5 Å². The molecule has 0 fully saturated rings. The quantitative estimate of drug-likeness (QED) is 0.612.